The van der Waals surface area contributed by atoms with Crippen LogP contribution < -0.4 is 10.1 Å². The van der Waals surface area contributed by atoms with Crippen LogP contribution in [0.2, 0.25) is 0 Å². The van der Waals surface area contributed by atoms with E-state index < -0.39 is 5.60 Å². The quantitative estimate of drug-likeness (QED) is 0.675. The summed E-state index contributed by atoms with van der Waals surface area (Å²) in [5, 5.41) is 13.3. The van der Waals surface area contributed by atoms with Gasteiger partial charge in [-0.15, -0.1) is 0 Å². The van der Waals surface area contributed by atoms with Crippen LogP contribution in [0.1, 0.15) is 45.2 Å². The second-order valence-corrected chi connectivity index (χ2v) is 7.79. The smallest absolute Gasteiger partial charge is 0.274 e. The van der Waals surface area contributed by atoms with E-state index in [9.17, 15) is 9.90 Å². The molecule has 0 radical (unpaired) electrons. The number of benzene rings is 2. The Morgan fingerprint density at radius 3 is 2.45 bits per heavy atom. The van der Waals surface area contributed by atoms with Gasteiger partial charge in [0.2, 0.25) is 0 Å². The van der Waals surface area contributed by atoms with Crippen molar-refractivity contribution >= 4 is 11.6 Å². The molecule has 1 aromatic heterocycles. The van der Waals surface area contributed by atoms with E-state index in [0.717, 1.165) is 33.6 Å². The number of carbonyl (C=O) groups excluding carboxylic acids is 1. The first kappa shape index (κ1) is 19.0. The average Bonchev–Trinajstić information content (AvgIpc) is 3.11. The number of rotatable bonds is 3. The van der Waals surface area contributed by atoms with E-state index in [1.165, 1.54) is 0 Å². The molecule has 0 fully saturated rings. The van der Waals surface area contributed by atoms with E-state index in [-0.39, 0.29) is 5.91 Å². The van der Waals surface area contributed by atoms with Crippen LogP contribution in [-0.2, 0) is 12.0 Å². The number of aromatic nitrogens is 1. The van der Waals surface area contributed by atoms with Crippen LogP contribution in [-0.4, -0.2) is 16.0 Å². The van der Waals surface area contributed by atoms with E-state index in [1.54, 1.807) is 24.4 Å². The third-order valence-electron chi connectivity index (χ3n) is 5.83. The second-order valence-electron chi connectivity index (χ2n) is 7.79. The summed E-state index contributed by atoms with van der Waals surface area (Å²) in [5.74, 6) is 0.973. The lowest BCUT2D eigenvalue weighted by Crippen LogP contribution is -2.27. The zero-order valence-electron chi connectivity index (χ0n) is 17.0. The van der Waals surface area contributed by atoms with Crippen LogP contribution in [0, 0.1) is 20.8 Å². The third-order valence-corrected chi connectivity index (χ3v) is 5.83. The molecule has 1 aliphatic rings. The molecule has 5 nitrogen and oxygen atoms in total. The minimum atomic E-state index is -0.526. The summed E-state index contributed by atoms with van der Waals surface area (Å²) in [7, 11) is 0. The van der Waals surface area contributed by atoms with E-state index >= 15 is 0 Å². The van der Waals surface area contributed by atoms with Gasteiger partial charge in [0, 0.05) is 23.9 Å². The number of ether oxygens (including phenoxy) is 1. The third kappa shape index (κ3) is 3.23. The summed E-state index contributed by atoms with van der Waals surface area (Å²) in [6.45, 7) is 7.89. The zero-order chi connectivity index (χ0) is 20.8. The Kier molecular flexibility index (Phi) is 4.53. The highest BCUT2D eigenvalue weighted by Gasteiger charge is 2.39. The summed E-state index contributed by atoms with van der Waals surface area (Å²) >= 11 is 0. The van der Waals surface area contributed by atoms with Crippen LogP contribution in [0.3, 0.4) is 0 Å². The molecule has 1 amide bonds. The molecule has 5 heteroatoms. The average molecular weight is 388 g/mol. The minimum Gasteiger partial charge on any atom is -0.507 e. The van der Waals surface area contributed by atoms with Crippen molar-refractivity contribution in [2.45, 2.75) is 39.7 Å². The van der Waals surface area contributed by atoms with Gasteiger partial charge in [0.15, 0.2) is 0 Å². The van der Waals surface area contributed by atoms with Crippen molar-refractivity contribution < 1.29 is 14.6 Å². The lowest BCUT2D eigenvalue weighted by Gasteiger charge is -2.25. The molecule has 0 saturated heterocycles. The van der Waals surface area contributed by atoms with Gasteiger partial charge < -0.3 is 15.2 Å². The Bertz CT molecular complexity index is 1050. The highest BCUT2D eigenvalue weighted by molar-refractivity contribution is 6.02. The van der Waals surface area contributed by atoms with Crippen LogP contribution >= 0.6 is 0 Å². The summed E-state index contributed by atoms with van der Waals surface area (Å²) in [4.78, 5) is 16.4. The maximum atomic E-state index is 12.3. The molecule has 1 aliphatic heterocycles. The number of hydrogen-bond donors (Lipinski definition) is 2. The molecule has 0 spiro atoms. The summed E-state index contributed by atoms with van der Waals surface area (Å²) in [5.41, 5.74) is 5.33. The molecule has 0 aliphatic carbocycles. The number of anilines is 1. The molecular weight excluding hydrogens is 364 g/mol. The van der Waals surface area contributed by atoms with Gasteiger partial charge >= 0.3 is 0 Å². The molecule has 1 atom stereocenters. The fourth-order valence-corrected chi connectivity index (χ4v) is 3.88. The first-order valence-electron chi connectivity index (χ1n) is 9.63. The zero-order valence-corrected chi connectivity index (χ0v) is 17.0. The Labute approximate surface area is 170 Å². The van der Waals surface area contributed by atoms with Crippen molar-refractivity contribution in [3.8, 4) is 11.5 Å². The number of phenolic OH excluding ortho intramolecular Hbond substituents is 1. The van der Waals surface area contributed by atoms with Gasteiger partial charge in [0.05, 0.1) is 0 Å². The summed E-state index contributed by atoms with van der Waals surface area (Å²) in [6.07, 6.45) is 2.28. The van der Waals surface area contributed by atoms with E-state index in [1.807, 2.05) is 45.0 Å². The minimum absolute atomic E-state index is 0.244. The number of nitrogens with one attached hydrogen (secondary N) is 1. The SMILES string of the molecule is Cc1c(C)c2c(c(C)c1O)CC(C)(c1ccc(NC(=O)c3ccccn3)cc1)O2. The lowest BCUT2D eigenvalue weighted by atomic mass is 9.88. The number of carbonyl (C=O) groups is 1. The topological polar surface area (TPSA) is 71.5 Å². The molecular formula is C24H24N2O3. The number of pyridine rings is 1. The molecule has 2 N–H and O–H groups in total. The van der Waals surface area contributed by atoms with E-state index in [2.05, 4.69) is 17.2 Å². The summed E-state index contributed by atoms with van der Waals surface area (Å²) in [6, 6.07) is 12.9. The van der Waals surface area contributed by atoms with Gasteiger partial charge in [-0.3, -0.25) is 9.78 Å². The Balaban J connectivity index is 1.57. The van der Waals surface area contributed by atoms with Gasteiger partial charge in [-0.1, -0.05) is 18.2 Å². The maximum absolute atomic E-state index is 12.3. The number of phenols is 1. The molecule has 0 saturated carbocycles. The van der Waals surface area contributed by atoms with Gasteiger partial charge in [-0.25, -0.2) is 0 Å². The fourth-order valence-electron chi connectivity index (χ4n) is 3.88. The molecule has 0 bridgehead atoms. The van der Waals surface area contributed by atoms with Crippen molar-refractivity contribution in [1.29, 1.82) is 0 Å². The van der Waals surface area contributed by atoms with Crippen molar-refractivity contribution in [2.75, 3.05) is 5.32 Å². The molecule has 2 aromatic carbocycles. The fraction of sp³-hybridized carbons (Fsp3) is 0.250. The summed E-state index contributed by atoms with van der Waals surface area (Å²) < 4.78 is 6.41. The van der Waals surface area contributed by atoms with Gasteiger partial charge in [-0.05, 0) is 74.2 Å². The second kappa shape index (κ2) is 6.92. The first-order valence-corrected chi connectivity index (χ1v) is 9.63. The lowest BCUT2D eigenvalue weighted by molar-refractivity contribution is 0.102. The first-order chi connectivity index (χ1) is 13.8. The van der Waals surface area contributed by atoms with E-state index in [4.69, 9.17) is 4.74 Å². The monoisotopic (exact) mass is 388 g/mol. The number of nitrogens with zero attached hydrogens (tertiary/aromatic N) is 1. The van der Waals surface area contributed by atoms with Crippen molar-refractivity contribution in [3.63, 3.8) is 0 Å². The molecule has 4 rings (SSSR count). The number of fused-ring (bicyclic) bond motifs is 1. The molecule has 3 aromatic rings. The maximum Gasteiger partial charge on any atom is 0.274 e. The van der Waals surface area contributed by atoms with E-state index in [0.29, 0.717) is 23.6 Å². The van der Waals surface area contributed by atoms with Gasteiger partial charge in [0.1, 0.15) is 22.8 Å². The Hall–Kier alpha value is -3.34. The van der Waals surface area contributed by atoms with Gasteiger partial charge in [-0.2, -0.15) is 0 Å². The molecule has 1 unspecified atom stereocenters. The highest BCUT2D eigenvalue weighted by Crippen LogP contribution is 2.48. The van der Waals surface area contributed by atoms with Crippen molar-refractivity contribution in [1.82, 2.24) is 4.98 Å². The van der Waals surface area contributed by atoms with Crippen LogP contribution in [0.25, 0.3) is 0 Å². The molecule has 29 heavy (non-hydrogen) atoms. The predicted molar refractivity (Wildman–Crippen MR) is 113 cm³/mol. The normalized spacial score (nSPS) is 17.5. The standard InChI is InChI=1S/C24H24N2O3/c1-14-15(2)22-19(16(3)21(14)27)13-24(4,29-22)17-8-10-18(11-9-17)26-23(28)20-7-5-6-12-25-20/h5-12,27H,13H2,1-4H3,(H,26,28). The Morgan fingerprint density at radius 2 is 1.79 bits per heavy atom. The largest absolute Gasteiger partial charge is 0.507 e. The van der Waals surface area contributed by atoms with Crippen LogP contribution in [0.15, 0.2) is 48.7 Å². The van der Waals surface area contributed by atoms with Gasteiger partial charge in [0.25, 0.3) is 5.91 Å². The van der Waals surface area contributed by atoms with Crippen LogP contribution in [0.5, 0.6) is 11.5 Å². The number of hydrogen-bond acceptors (Lipinski definition) is 4. The van der Waals surface area contributed by atoms with Crippen LogP contribution in [0.4, 0.5) is 5.69 Å². The predicted octanol–water partition coefficient (Wildman–Crippen LogP) is 4.82. The molecule has 2 heterocycles. The van der Waals surface area contributed by atoms with Crippen molar-refractivity contribution in [2.24, 2.45) is 0 Å². The Morgan fingerprint density at radius 1 is 1.07 bits per heavy atom. The molecule has 148 valence electrons. The number of aromatic hydroxyl groups is 1. The number of amides is 1. The van der Waals surface area contributed by atoms with Crippen molar-refractivity contribution in [3.05, 3.63) is 82.2 Å². The highest BCUT2D eigenvalue weighted by atomic mass is 16.5.